The number of aromatic nitrogens is 2. The monoisotopic (exact) mass is 862 g/mol. The number of hydrogen-bond acceptors (Lipinski definition) is 9. The zero-order valence-corrected chi connectivity index (χ0v) is 35.6. The Morgan fingerprint density at radius 2 is 1.62 bits per heavy atom. The number of benzene rings is 4. The van der Waals surface area contributed by atoms with Crippen molar-refractivity contribution in [3.63, 3.8) is 0 Å². The Hall–Kier alpha value is -5.73. The van der Waals surface area contributed by atoms with Crippen molar-refractivity contribution in [2.45, 2.75) is 50.7 Å². The Balaban J connectivity index is 1.01. The predicted octanol–water partition coefficient (Wildman–Crippen LogP) is 8.55. The molecule has 10 nitrogen and oxygen atoms in total. The van der Waals surface area contributed by atoms with Crippen molar-refractivity contribution >= 4 is 44.9 Å². The fourth-order valence-corrected chi connectivity index (χ4v) is 11.3. The molecule has 2 atom stereocenters. The number of likely N-dealkylation sites (tertiary alicyclic amines) is 1. The van der Waals surface area contributed by atoms with Gasteiger partial charge in [-0.25, -0.2) is 13.6 Å². The van der Waals surface area contributed by atoms with E-state index in [4.69, 9.17) is 19.2 Å². The zero-order valence-electron chi connectivity index (χ0n) is 34.0. The highest BCUT2D eigenvalue weighted by molar-refractivity contribution is 7.99. The number of thiophene rings is 1. The van der Waals surface area contributed by atoms with E-state index in [9.17, 15) is 23.2 Å². The summed E-state index contributed by atoms with van der Waals surface area (Å²) in [5, 5.41) is 0. The quantitative estimate of drug-likeness (QED) is 0.136. The smallest absolute Gasteiger partial charge is 0.332 e. The molecule has 2 aromatic heterocycles. The standard InChI is InChI=1S/C47H44F2N4O6S2/c1-4-59-40-22-32-33(23-39(40)57-2)42(50-37-15-18-60-26-34(32)37)29-11-8-12-30(21-29)45(54)51-16-13-31(14-17-51)53-46(55)44-38(24-41(61-44)28-9-6-5-7-10-28)52(47(53)56)25-27-19-35(48)43(58-3)36(49)20-27/h5-12,19-24,31,34,37H,4,13-18,25-26H2,1-3H3/t34-,37-/m1/s1. The molecule has 0 aliphatic carbocycles. The molecule has 3 aliphatic rings. The van der Waals surface area contributed by atoms with Crippen LogP contribution in [0.15, 0.2) is 99.5 Å². The van der Waals surface area contributed by atoms with Gasteiger partial charge in [-0.1, -0.05) is 42.5 Å². The van der Waals surface area contributed by atoms with Crippen molar-refractivity contribution in [1.29, 1.82) is 0 Å². The molecular weight excluding hydrogens is 819 g/mol. The fourth-order valence-electron chi connectivity index (χ4n) is 8.93. The molecule has 61 heavy (non-hydrogen) atoms. The maximum atomic E-state index is 14.9. The first-order valence-electron chi connectivity index (χ1n) is 20.4. The van der Waals surface area contributed by atoms with E-state index in [-0.39, 0.29) is 30.0 Å². The Labute approximate surface area is 359 Å². The SMILES string of the molecule is CCOc1cc2c(cc1OC)C(c1cccc(C(=O)N3CCC(n4c(=O)c5sc(-c6ccccc6)cc5n(Cc5cc(F)c(OC)c(F)c5)c4=O)CC3)c1)=N[C@@H]1CCSC[C@H]21. The van der Waals surface area contributed by atoms with Crippen molar-refractivity contribution in [3.8, 4) is 27.7 Å². The number of halogens is 2. The average Bonchev–Trinajstić information content (AvgIpc) is 3.74. The van der Waals surface area contributed by atoms with Gasteiger partial charge in [0.25, 0.3) is 11.5 Å². The van der Waals surface area contributed by atoms with E-state index in [0.29, 0.717) is 59.8 Å². The van der Waals surface area contributed by atoms with Crippen LogP contribution in [-0.4, -0.2) is 77.1 Å². The van der Waals surface area contributed by atoms with Gasteiger partial charge >= 0.3 is 5.69 Å². The minimum atomic E-state index is -0.891. The molecule has 0 spiro atoms. The Kier molecular flexibility index (Phi) is 11.3. The van der Waals surface area contributed by atoms with Gasteiger partial charge in [-0.2, -0.15) is 11.8 Å². The third kappa shape index (κ3) is 7.54. The van der Waals surface area contributed by atoms with Gasteiger partial charge in [-0.15, -0.1) is 11.3 Å². The summed E-state index contributed by atoms with van der Waals surface area (Å²) in [6, 6.07) is 24.9. The summed E-state index contributed by atoms with van der Waals surface area (Å²) in [5.41, 5.74) is 4.80. The minimum absolute atomic E-state index is 0.120. The number of nitrogens with zero attached hydrogens (tertiary/aromatic N) is 4. The van der Waals surface area contributed by atoms with Gasteiger partial charge in [0.05, 0.1) is 44.6 Å². The van der Waals surface area contributed by atoms with E-state index in [1.807, 2.05) is 79.3 Å². The number of fused-ring (bicyclic) bond motifs is 4. The number of carbonyl (C=O) groups excluding carboxylic acids is 1. The first kappa shape index (κ1) is 40.7. The number of piperidine rings is 1. The zero-order chi connectivity index (χ0) is 42.4. The Morgan fingerprint density at radius 1 is 0.869 bits per heavy atom. The molecule has 3 aliphatic heterocycles. The molecule has 5 heterocycles. The van der Waals surface area contributed by atoms with Gasteiger partial charge in [-0.05, 0) is 91.1 Å². The maximum absolute atomic E-state index is 14.9. The molecular formula is C47H44F2N4O6S2. The van der Waals surface area contributed by atoms with Crippen LogP contribution in [-0.2, 0) is 6.54 Å². The lowest BCUT2D eigenvalue weighted by Crippen LogP contribution is -2.46. The lowest BCUT2D eigenvalue weighted by Gasteiger charge is -2.35. The van der Waals surface area contributed by atoms with Gasteiger partial charge in [0.15, 0.2) is 28.9 Å². The first-order chi connectivity index (χ1) is 29.7. The van der Waals surface area contributed by atoms with Crippen molar-refractivity contribution in [1.82, 2.24) is 14.0 Å². The van der Waals surface area contributed by atoms with Gasteiger partial charge in [0.1, 0.15) is 4.70 Å². The predicted molar refractivity (Wildman–Crippen MR) is 237 cm³/mol. The largest absolute Gasteiger partial charge is 0.493 e. The molecule has 4 aromatic carbocycles. The summed E-state index contributed by atoms with van der Waals surface area (Å²) < 4.78 is 49.4. The summed E-state index contributed by atoms with van der Waals surface area (Å²) in [6.45, 7) is 2.92. The number of thioether (sulfide) groups is 1. The normalized spacial score (nSPS) is 17.7. The molecule has 1 amide bonds. The lowest BCUT2D eigenvalue weighted by atomic mass is 9.81. The summed E-state index contributed by atoms with van der Waals surface area (Å²) >= 11 is 3.21. The van der Waals surface area contributed by atoms with Crippen LogP contribution in [0.5, 0.6) is 17.2 Å². The van der Waals surface area contributed by atoms with Gasteiger partial charge in [0.2, 0.25) is 0 Å². The van der Waals surface area contributed by atoms with Crippen molar-refractivity contribution in [3.05, 3.63) is 145 Å². The lowest BCUT2D eigenvalue weighted by molar-refractivity contribution is 0.0691. The van der Waals surface area contributed by atoms with Crippen LogP contribution in [0.3, 0.4) is 0 Å². The van der Waals surface area contributed by atoms with Crippen LogP contribution in [0.4, 0.5) is 8.78 Å². The van der Waals surface area contributed by atoms with Crippen LogP contribution in [0, 0.1) is 11.6 Å². The van der Waals surface area contributed by atoms with E-state index < -0.39 is 34.7 Å². The number of methoxy groups -OCH3 is 2. The Bertz CT molecular complexity index is 2790. The number of carbonyl (C=O) groups is 1. The number of amides is 1. The summed E-state index contributed by atoms with van der Waals surface area (Å²) in [4.78, 5) is 50.8. The molecule has 9 rings (SSSR count). The number of rotatable bonds is 10. The molecule has 0 bridgehead atoms. The van der Waals surface area contributed by atoms with Gasteiger partial charge in [0, 0.05) is 52.4 Å². The van der Waals surface area contributed by atoms with Crippen LogP contribution in [0.25, 0.3) is 20.7 Å². The molecule has 0 radical (unpaired) electrons. The molecule has 0 saturated carbocycles. The van der Waals surface area contributed by atoms with E-state index in [1.54, 1.807) is 18.1 Å². The van der Waals surface area contributed by atoms with E-state index in [0.717, 1.165) is 57.3 Å². The molecule has 2 saturated heterocycles. The average molecular weight is 863 g/mol. The Morgan fingerprint density at radius 3 is 2.34 bits per heavy atom. The van der Waals surface area contributed by atoms with Crippen molar-refractivity contribution in [2.24, 2.45) is 4.99 Å². The molecule has 314 valence electrons. The highest BCUT2D eigenvalue weighted by Gasteiger charge is 2.36. The van der Waals surface area contributed by atoms with E-state index in [2.05, 4.69) is 6.07 Å². The second-order valence-electron chi connectivity index (χ2n) is 15.5. The maximum Gasteiger partial charge on any atom is 0.332 e. The third-order valence-corrected chi connectivity index (χ3v) is 14.2. The van der Waals surface area contributed by atoms with Gasteiger partial charge < -0.3 is 19.1 Å². The van der Waals surface area contributed by atoms with Gasteiger partial charge in [-0.3, -0.25) is 23.7 Å². The molecule has 14 heteroatoms. The molecule has 6 aromatic rings. The topological polar surface area (TPSA) is 104 Å². The molecule has 0 N–H and O–H groups in total. The minimum Gasteiger partial charge on any atom is -0.493 e. The summed E-state index contributed by atoms with van der Waals surface area (Å²) in [5.74, 6) is 1.16. The van der Waals surface area contributed by atoms with E-state index >= 15 is 0 Å². The van der Waals surface area contributed by atoms with Crippen LogP contribution in [0.2, 0.25) is 0 Å². The molecule has 2 fully saturated rings. The molecule has 0 unspecified atom stereocenters. The number of ether oxygens (including phenoxy) is 3. The number of hydrogen-bond donors (Lipinski definition) is 0. The summed E-state index contributed by atoms with van der Waals surface area (Å²) in [6.07, 6.45) is 1.68. The highest BCUT2D eigenvalue weighted by atomic mass is 32.2. The van der Waals surface area contributed by atoms with Crippen LogP contribution < -0.4 is 25.5 Å². The van der Waals surface area contributed by atoms with Crippen molar-refractivity contribution in [2.75, 3.05) is 45.4 Å². The van der Waals surface area contributed by atoms with Crippen LogP contribution in [0.1, 0.15) is 70.8 Å². The first-order valence-corrected chi connectivity index (χ1v) is 22.4. The third-order valence-electron chi connectivity index (χ3n) is 11.9. The van der Waals surface area contributed by atoms with E-state index in [1.165, 1.54) is 33.1 Å². The summed E-state index contributed by atoms with van der Waals surface area (Å²) in [7, 11) is 2.82. The second-order valence-corrected chi connectivity index (χ2v) is 17.7. The second kappa shape index (κ2) is 17.0. The number of aliphatic imine (C=N–C) groups is 1. The fraction of sp³-hybridized carbons (Fsp3) is 0.319. The van der Waals surface area contributed by atoms with Crippen molar-refractivity contribution < 1.29 is 27.8 Å². The van der Waals surface area contributed by atoms with Crippen LogP contribution >= 0.6 is 23.1 Å². The highest BCUT2D eigenvalue weighted by Crippen LogP contribution is 2.44.